The van der Waals surface area contributed by atoms with Crippen LogP contribution < -0.4 is 9.47 Å². The maximum Gasteiger partial charge on any atom is 0.343 e. The summed E-state index contributed by atoms with van der Waals surface area (Å²) in [6.45, 7) is 2.81. The van der Waals surface area contributed by atoms with E-state index in [0.29, 0.717) is 23.6 Å². The van der Waals surface area contributed by atoms with Gasteiger partial charge in [0.15, 0.2) is 0 Å². The largest absolute Gasteiger partial charge is 0.494 e. The number of esters is 1. The number of ether oxygens (including phenoxy) is 2. The topological polar surface area (TPSA) is 91.0 Å². The number of hydrogen-bond acceptors (Lipinski definition) is 6. The van der Waals surface area contributed by atoms with E-state index in [1.54, 1.807) is 66.9 Å². The zero-order valence-corrected chi connectivity index (χ0v) is 17.8. The van der Waals surface area contributed by atoms with E-state index in [9.17, 15) is 14.9 Å². The van der Waals surface area contributed by atoms with Gasteiger partial charge in [0.2, 0.25) is 0 Å². The number of carbonyl (C=O) groups is 1. The van der Waals surface area contributed by atoms with Gasteiger partial charge in [0.25, 0.3) is 5.69 Å². The van der Waals surface area contributed by atoms with Crippen LogP contribution in [-0.4, -0.2) is 23.7 Å². The molecule has 7 nitrogen and oxygen atoms in total. The van der Waals surface area contributed by atoms with Gasteiger partial charge in [0.1, 0.15) is 11.5 Å². The van der Waals surface area contributed by atoms with Crippen molar-refractivity contribution < 1.29 is 19.2 Å². The van der Waals surface area contributed by atoms with Crippen LogP contribution in [-0.2, 0) is 0 Å². The molecule has 32 heavy (non-hydrogen) atoms. The molecule has 0 atom stereocenters. The molecule has 0 aliphatic carbocycles. The number of carbonyl (C=O) groups excluding carboxylic acids is 1. The van der Waals surface area contributed by atoms with Crippen LogP contribution in [0.4, 0.5) is 11.4 Å². The second kappa shape index (κ2) is 11.4. The summed E-state index contributed by atoms with van der Waals surface area (Å²) in [6.07, 6.45) is 4.89. The molecule has 0 fully saturated rings. The molecule has 0 saturated carbocycles. The van der Waals surface area contributed by atoms with E-state index >= 15 is 0 Å². The second-order valence-electron chi connectivity index (χ2n) is 7.07. The van der Waals surface area contributed by atoms with Crippen LogP contribution in [0.15, 0.2) is 77.8 Å². The fourth-order valence-corrected chi connectivity index (χ4v) is 2.83. The van der Waals surface area contributed by atoms with Crippen LogP contribution >= 0.6 is 0 Å². The maximum absolute atomic E-state index is 12.4. The quantitative estimate of drug-likeness (QED) is 0.0959. The van der Waals surface area contributed by atoms with Gasteiger partial charge >= 0.3 is 5.97 Å². The van der Waals surface area contributed by atoms with Gasteiger partial charge in [-0.05, 0) is 72.6 Å². The fourth-order valence-electron chi connectivity index (χ4n) is 2.83. The first-order valence-electron chi connectivity index (χ1n) is 10.4. The molecule has 3 aromatic rings. The third-order valence-corrected chi connectivity index (χ3v) is 4.62. The predicted molar refractivity (Wildman–Crippen MR) is 123 cm³/mol. The number of nitro groups is 1. The molecular formula is C25H24N2O5. The molecule has 0 bridgehead atoms. The Bertz CT molecular complexity index is 1060. The van der Waals surface area contributed by atoms with Crippen LogP contribution in [0.2, 0.25) is 0 Å². The lowest BCUT2D eigenvalue weighted by molar-refractivity contribution is -0.384. The second-order valence-corrected chi connectivity index (χ2v) is 7.07. The van der Waals surface area contributed by atoms with Gasteiger partial charge in [-0.1, -0.05) is 19.8 Å². The van der Waals surface area contributed by atoms with Crippen molar-refractivity contribution in [3.05, 3.63) is 94.0 Å². The minimum Gasteiger partial charge on any atom is -0.494 e. The number of hydrogen-bond donors (Lipinski definition) is 0. The third-order valence-electron chi connectivity index (χ3n) is 4.62. The van der Waals surface area contributed by atoms with Gasteiger partial charge in [-0.2, -0.15) is 0 Å². The first-order chi connectivity index (χ1) is 15.5. The Labute approximate surface area is 186 Å². The van der Waals surface area contributed by atoms with E-state index in [-0.39, 0.29) is 5.69 Å². The minimum absolute atomic E-state index is 0.0301. The number of non-ortho nitro benzene ring substituents is 1. The molecule has 0 saturated heterocycles. The number of benzene rings is 3. The Balaban J connectivity index is 1.53. The van der Waals surface area contributed by atoms with E-state index in [2.05, 4.69) is 11.9 Å². The van der Waals surface area contributed by atoms with E-state index in [1.807, 2.05) is 0 Å². The smallest absolute Gasteiger partial charge is 0.343 e. The Kier molecular flexibility index (Phi) is 8.09. The Morgan fingerprint density at radius 2 is 1.59 bits per heavy atom. The number of unbranched alkanes of at least 4 members (excludes halogenated alkanes) is 2. The molecule has 0 aromatic heterocycles. The van der Waals surface area contributed by atoms with Crippen molar-refractivity contribution in [2.24, 2.45) is 4.99 Å². The summed E-state index contributed by atoms with van der Waals surface area (Å²) >= 11 is 0. The molecule has 7 heteroatoms. The summed E-state index contributed by atoms with van der Waals surface area (Å²) in [5.41, 5.74) is 1.87. The lowest BCUT2D eigenvalue weighted by Crippen LogP contribution is -2.08. The molecule has 0 unspecified atom stereocenters. The summed E-state index contributed by atoms with van der Waals surface area (Å²) in [7, 11) is 0. The van der Waals surface area contributed by atoms with E-state index in [4.69, 9.17) is 9.47 Å². The summed E-state index contributed by atoms with van der Waals surface area (Å²) in [5.74, 6) is 0.682. The number of nitrogens with zero attached hydrogens (tertiary/aromatic N) is 2. The van der Waals surface area contributed by atoms with Crippen molar-refractivity contribution in [1.29, 1.82) is 0 Å². The van der Waals surface area contributed by atoms with Crippen LogP contribution in [0.1, 0.15) is 42.1 Å². The van der Waals surface area contributed by atoms with Crippen LogP contribution in [0.3, 0.4) is 0 Å². The maximum atomic E-state index is 12.4. The summed E-state index contributed by atoms with van der Waals surface area (Å²) in [6, 6.07) is 19.7. The summed E-state index contributed by atoms with van der Waals surface area (Å²) in [5, 5.41) is 10.7. The van der Waals surface area contributed by atoms with E-state index in [0.717, 1.165) is 30.6 Å². The molecule has 0 amide bonds. The normalized spacial score (nSPS) is 10.8. The van der Waals surface area contributed by atoms with Gasteiger partial charge < -0.3 is 9.47 Å². The number of nitro benzene ring substituents is 1. The molecule has 0 N–H and O–H groups in total. The highest BCUT2D eigenvalue weighted by atomic mass is 16.6. The molecule has 164 valence electrons. The average molecular weight is 432 g/mol. The Morgan fingerprint density at radius 1 is 0.938 bits per heavy atom. The molecule has 3 rings (SSSR count). The van der Waals surface area contributed by atoms with Crippen molar-refractivity contribution in [2.75, 3.05) is 6.61 Å². The van der Waals surface area contributed by atoms with Crippen LogP contribution in [0, 0.1) is 10.1 Å². The highest BCUT2D eigenvalue weighted by Crippen LogP contribution is 2.20. The number of aliphatic imine (C=N–C) groups is 1. The van der Waals surface area contributed by atoms with Crippen molar-refractivity contribution in [3.8, 4) is 11.5 Å². The fraction of sp³-hybridized carbons (Fsp3) is 0.200. The van der Waals surface area contributed by atoms with Crippen molar-refractivity contribution >= 4 is 23.6 Å². The third kappa shape index (κ3) is 6.77. The Hall–Kier alpha value is -4.00. The van der Waals surface area contributed by atoms with Crippen LogP contribution in [0.5, 0.6) is 11.5 Å². The van der Waals surface area contributed by atoms with Gasteiger partial charge in [0, 0.05) is 18.3 Å². The average Bonchev–Trinajstić information content (AvgIpc) is 2.82. The lowest BCUT2D eigenvalue weighted by Gasteiger charge is -2.07. The van der Waals surface area contributed by atoms with E-state index in [1.165, 1.54) is 12.1 Å². The highest BCUT2D eigenvalue weighted by molar-refractivity contribution is 5.91. The molecule has 0 radical (unpaired) electrons. The van der Waals surface area contributed by atoms with E-state index < -0.39 is 10.9 Å². The summed E-state index contributed by atoms with van der Waals surface area (Å²) in [4.78, 5) is 26.9. The molecule has 0 heterocycles. The van der Waals surface area contributed by atoms with Crippen LogP contribution in [0.25, 0.3) is 0 Å². The van der Waals surface area contributed by atoms with Gasteiger partial charge in [-0.3, -0.25) is 15.1 Å². The summed E-state index contributed by atoms with van der Waals surface area (Å²) < 4.78 is 11.1. The van der Waals surface area contributed by atoms with Gasteiger partial charge in [0.05, 0.1) is 22.8 Å². The first kappa shape index (κ1) is 22.7. The number of rotatable bonds is 10. The first-order valence-corrected chi connectivity index (χ1v) is 10.4. The molecule has 3 aromatic carbocycles. The molecule has 0 spiro atoms. The van der Waals surface area contributed by atoms with Crippen molar-refractivity contribution in [2.45, 2.75) is 26.2 Å². The minimum atomic E-state index is -0.454. The Morgan fingerprint density at radius 3 is 2.22 bits per heavy atom. The van der Waals surface area contributed by atoms with Crippen molar-refractivity contribution in [3.63, 3.8) is 0 Å². The van der Waals surface area contributed by atoms with Crippen molar-refractivity contribution in [1.82, 2.24) is 0 Å². The van der Waals surface area contributed by atoms with Gasteiger partial charge in [-0.25, -0.2) is 4.79 Å². The molecular weight excluding hydrogens is 408 g/mol. The molecule has 0 aliphatic rings. The highest BCUT2D eigenvalue weighted by Gasteiger charge is 2.09. The lowest BCUT2D eigenvalue weighted by atomic mass is 10.2. The van der Waals surface area contributed by atoms with Gasteiger partial charge in [-0.15, -0.1) is 0 Å². The zero-order valence-electron chi connectivity index (χ0n) is 17.8. The standard InChI is InChI=1S/C25H24N2O5/c1-2-3-4-17-31-23-13-7-20(8-14-23)25(28)32-24-15-9-21(10-16-24)26-18-19-5-11-22(12-6-19)27(29)30/h5-16,18H,2-4,17H2,1H3. The SMILES string of the molecule is CCCCCOc1ccc(C(=O)Oc2ccc(N=Cc3ccc([N+](=O)[O-])cc3)cc2)cc1. The zero-order chi connectivity index (χ0) is 22.8. The monoisotopic (exact) mass is 432 g/mol. The molecule has 0 aliphatic heterocycles. The predicted octanol–water partition coefficient (Wildman–Crippen LogP) is 6.13.